The van der Waals surface area contributed by atoms with Crippen LogP contribution in [0.4, 0.5) is 0 Å². The van der Waals surface area contributed by atoms with Crippen LogP contribution in [0.5, 0.6) is 11.5 Å². The Kier molecular flexibility index (Phi) is 5.87. The van der Waals surface area contributed by atoms with E-state index in [1.54, 1.807) is 23.3 Å². The van der Waals surface area contributed by atoms with Gasteiger partial charge in [0, 0.05) is 24.4 Å². The summed E-state index contributed by atoms with van der Waals surface area (Å²) >= 11 is 3.20. The fourth-order valence-electron chi connectivity index (χ4n) is 3.59. The number of rotatable bonds is 8. The van der Waals surface area contributed by atoms with Crippen molar-refractivity contribution in [2.75, 3.05) is 26.0 Å². The highest BCUT2D eigenvalue weighted by atomic mass is 32.2. The van der Waals surface area contributed by atoms with Gasteiger partial charge in [0.2, 0.25) is 5.91 Å². The van der Waals surface area contributed by atoms with Crippen LogP contribution in [0.25, 0.3) is 0 Å². The molecule has 0 bridgehead atoms. The topological polar surface area (TPSA) is 69.5 Å². The molecule has 2 aromatic heterocycles. The zero-order valence-electron chi connectivity index (χ0n) is 17.3. The van der Waals surface area contributed by atoms with Crippen molar-refractivity contribution in [2.24, 2.45) is 0 Å². The van der Waals surface area contributed by atoms with Gasteiger partial charge in [0.25, 0.3) is 0 Å². The normalized spacial score (nSPS) is 17.5. The van der Waals surface area contributed by atoms with E-state index >= 15 is 0 Å². The predicted octanol–water partition coefficient (Wildman–Crippen LogP) is 3.66. The Bertz CT molecular complexity index is 1050. The van der Waals surface area contributed by atoms with Gasteiger partial charge >= 0.3 is 0 Å². The summed E-state index contributed by atoms with van der Waals surface area (Å²) in [6.45, 7) is 0.913. The fraction of sp³-hybridized carbons (Fsp3) is 0.409. The number of amides is 1. The lowest BCUT2D eigenvalue weighted by Crippen LogP contribution is -2.42. The molecule has 1 atom stereocenters. The molecular formula is C22H24N4O3S2. The molecule has 1 amide bonds. The number of aromatic nitrogens is 3. The smallest absolute Gasteiger partial charge is 0.232 e. The van der Waals surface area contributed by atoms with Crippen LogP contribution in [0.3, 0.4) is 0 Å². The van der Waals surface area contributed by atoms with Gasteiger partial charge in [0.05, 0.1) is 12.3 Å². The summed E-state index contributed by atoms with van der Waals surface area (Å²) < 4.78 is 14.0. The van der Waals surface area contributed by atoms with Crippen molar-refractivity contribution in [1.29, 1.82) is 0 Å². The molecule has 5 rings (SSSR count). The van der Waals surface area contributed by atoms with E-state index in [9.17, 15) is 4.79 Å². The number of ether oxygens (including phenoxy) is 2. The monoisotopic (exact) mass is 456 g/mol. The first-order valence-corrected chi connectivity index (χ1v) is 12.3. The summed E-state index contributed by atoms with van der Waals surface area (Å²) in [5, 5.41) is 11.7. The third-order valence-corrected chi connectivity index (χ3v) is 7.16. The molecule has 3 aromatic rings. The number of thioether (sulfide) groups is 1. The van der Waals surface area contributed by atoms with Crippen LogP contribution in [0.15, 0.2) is 46.9 Å². The first kappa shape index (κ1) is 20.4. The summed E-state index contributed by atoms with van der Waals surface area (Å²) in [5.74, 6) is 2.83. The SMILES string of the molecule is CN(C[C@@H]1COc2ccccc2O1)C(=O)CSc1nnc(Cc2cccs2)n1C1CC1. The molecule has 1 aliphatic heterocycles. The number of hydrogen-bond donors (Lipinski definition) is 0. The minimum absolute atomic E-state index is 0.0395. The lowest BCUT2D eigenvalue weighted by Gasteiger charge is -2.29. The van der Waals surface area contributed by atoms with Crippen LogP contribution in [0.2, 0.25) is 0 Å². The number of carbonyl (C=O) groups is 1. The molecule has 7 nitrogen and oxygen atoms in total. The Morgan fingerprint density at radius 2 is 2.06 bits per heavy atom. The average molecular weight is 457 g/mol. The van der Waals surface area contributed by atoms with E-state index in [0.29, 0.717) is 24.9 Å². The molecule has 2 aliphatic rings. The zero-order chi connectivity index (χ0) is 21.2. The Hall–Kier alpha value is -2.52. The Morgan fingerprint density at radius 3 is 2.84 bits per heavy atom. The number of para-hydroxylation sites is 2. The Labute approximate surface area is 189 Å². The van der Waals surface area contributed by atoms with Crippen molar-refractivity contribution in [3.05, 3.63) is 52.5 Å². The minimum Gasteiger partial charge on any atom is -0.486 e. The van der Waals surface area contributed by atoms with E-state index in [1.807, 2.05) is 24.3 Å². The number of hydrogen-bond acceptors (Lipinski definition) is 7. The van der Waals surface area contributed by atoms with E-state index in [1.165, 1.54) is 16.6 Å². The summed E-state index contributed by atoms with van der Waals surface area (Å²) in [5.41, 5.74) is 0. The third kappa shape index (κ3) is 4.72. The molecular weight excluding hydrogens is 432 g/mol. The van der Waals surface area contributed by atoms with Crippen LogP contribution >= 0.6 is 23.1 Å². The van der Waals surface area contributed by atoms with Gasteiger partial charge in [0.15, 0.2) is 22.8 Å². The highest BCUT2D eigenvalue weighted by Gasteiger charge is 2.30. The highest BCUT2D eigenvalue weighted by Crippen LogP contribution is 2.39. The summed E-state index contributed by atoms with van der Waals surface area (Å²) in [6, 6.07) is 12.3. The van der Waals surface area contributed by atoms with Crippen molar-refractivity contribution < 1.29 is 14.3 Å². The second kappa shape index (κ2) is 8.92. The standard InChI is InChI=1S/C22H24N4O3S2/c1-25(12-16-13-28-18-6-2-3-7-19(18)29-16)21(27)14-31-22-24-23-20(26(22)15-8-9-15)11-17-5-4-10-30-17/h2-7,10,15-16H,8-9,11-14H2,1H3/t16-/m1/s1. The van der Waals surface area contributed by atoms with Gasteiger partial charge in [0.1, 0.15) is 12.4 Å². The van der Waals surface area contributed by atoms with Gasteiger partial charge in [-0.1, -0.05) is 30.0 Å². The average Bonchev–Trinajstić information content (AvgIpc) is 3.34. The van der Waals surface area contributed by atoms with Crippen molar-refractivity contribution in [2.45, 2.75) is 36.6 Å². The summed E-state index contributed by atoms with van der Waals surface area (Å²) in [6.07, 6.45) is 2.91. The first-order chi connectivity index (χ1) is 15.2. The molecule has 0 N–H and O–H groups in total. The van der Waals surface area contributed by atoms with Crippen LogP contribution in [-0.4, -0.2) is 57.6 Å². The van der Waals surface area contributed by atoms with Gasteiger partial charge in [-0.2, -0.15) is 0 Å². The van der Waals surface area contributed by atoms with Crippen LogP contribution in [0, 0.1) is 0 Å². The van der Waals surface area contributed by atoms with Gasteiger partial charge in [-0.15, -0.1) is 21.5 Å². The maximum absolute atomic E-state index is 12.7. The van der Waals surface area contributed by atoms with Crippen molar-refractivity contribution >= 4 is 29.0 Å². The molecule has 0 radical (unpaired) electrons. The molecule has 3 heterocycles. The summed E-state index contributed by atoms with van der Waals surface area (Å²) in [4.78, 5) is 15.7. The van der Waals surface area contributed by atoms with E-state index in [2.05, 4.69) is 32.3 Å². The van der Waals surface area contributed by atoms with Crippen LogP contribution in [-0.2, 0) is 11.2 Å². The molecule has 0 saturated heterocycles. The second-order valence-electron chi connectivity index (χ2n) is 7.82. The third-order valence-electron chi connectivity index (χ3n) is 5.36. The van der Waals surface area contributed by atoms with E-state index in [0.717, 1.165) is 41.7 Å². The van der Waals surface area contributed by atoms with E-state index in [4.69, 9.17) is 9.47 Å². The predicted molar refractivity (Wildman–Crippen MR) is 120 cm³/mol. The van der Waals surface area contributed by atoms with Gasteiger partial charge in [-0.25, -0.2) is 0 Å². The molecule has 0 unspecified atom stereocenters. The fourth-order valence-corrected chi connectivity index (χ4v) is 5.26. The van der Waals surface area contributed by atoms with Crippen LogP contribution < -0.4 is 9.47 Å². The van der Waals surface area contributed by atoms with Gasteiger partial charge in [-0.05, 0) is 36.4 Å². The zero-order valence-corrected chi connectivity index (χ0v) is 18.9. The number of benzene rings is 1. The van der Waals surface area contributed by atoms with Crippen molar-refractivity contribution in [3.63, 3.8) is 0 Å². The highest BCUT2D eigenvalue weighted by molar-refractivity contribution is 7.99. The quantitative estimate of drug-likeness (QED) is 0.482. The second-order valence-corrected chi connectivity index (χ2v) is 9.79. The lowest BCUT2D eigenvalue weighted by molar-refractivity contribution is -0.128. The van der Waals surface area contributed by atoms with Crippen molar-refractivity contribution in [1.82, 2.24) is 19.7 Å². The molecule has 9 heteroatoms. The number of likely N-dealkylation sites (N-methyl/N-ethyl adjacent to an activating group) is 1. The first-order valence-electron chi connectivity index (χ1n) is 10.4. The minimum atomic E-state index is -0.179. The maximum atomic E-state index is 12.7. The summed E-state index contributed by atoms with van der Waals surface area (Å²) in [7, 11) is 1.81. The van der Waals surface area contributed by atoms with Crippen LogP contribution in [0.1, 0.15) is 29.6 Å². The number of thiophene rings is 1. The lowest BCUT2D eigenvalue weighted by atomic mass is 10.2. The molecule has 1 fully saturated rings. The number of carbonyl (C=O) groups excluding carboxylic acids is 1. The maximum Gasteiger partial charge on any atom is 0.232 e. The number of fused-ring (bicyclic) bond motifs is 1. The molecule has 1 aromatic carbocycles. The largest absolute Gasteiger partial charge is 0.486 e. The van der Waals surface area contributed by atoms with Gasteiger partial charge < -0.3 is 18.9 Å². The Morgan fingerprint density at radius 1 is 1.23 bits per heavy atom. The molecule has 1 aliphatic carbocycles. The van der Waals surface area contributed by atoms with Crippen molar-refractivity contribution in [3.8, 4) is 11.5 Å². The van der Waals surface area contributed by atoms with E-state index < -0.39 is 0 Å². The van der Waals surface area contributed by atoms with Gasteiger partial charge in [-0.3, -0.25) is 4.79 Å². The van der Waals surface area contributed by atoms with E-state index in [-0.39, 0.29) is 12.0 Å². The molecule has 1 saturated carbocycles. The number of nitrogens with zero attached hydrogens (tertiary/aromatic N) is 4. The molecule has 0 spiro atoms. The Balaban J connectivity index is 1.17. The molecule has 31 heavy (non-hydrogen) atoms. The molecule has 162 valence electrons.